The lowest BCUT2D eigenvalue weighted by molar-refractivity contribution is -0.113. The summed E-state index contributed by atoms with van der Waals surface area (Å²) in [5.41, 5.74) is 2.46. The molecule has 2 aromatic rings. The summed E-state index contributed by atoms with van der Waals surface area (Å²) in [6, 6.07) is 7.33. The molecule has 0 saturated carbocycles. The van der Waals surface area contributed by atoms with Gasteiger partial charge in [0.05, 0.1) is 7.11 Å². The second-order valence-corrected chi connectivity index (χ2v) is 9.11. The number of hydrogen-bond acceptors (Lipinski definition) is 6. The summed E-state index contributed by atoms with van der Waals surface area (Å²) in [6.07, 6.45) is 5.67. The number of anilines is 2. The number of imidazole rings is 1. The fourth-order valence-electron chi connectivity index (χ4n) is 3.45. The first-order valence-electron chi connectivity index (χ1n) is 10.9. The summed E-state index contributed by atoms with van der Waals surface area (Å²) in [7, 11) is 2.93. The van der Waals surface area contributed by atoms with Crippen LogP contribution in [0.2, 0.25) is 0 Å². The Kier molecular flexibility index (Phi) is 7.24. The third kappa shape index (κ3) is 6.12. The van der Waals surface area contributed by atoms with E-state index in [1.165, 1.54) is 11.7 Å². The molecule has 0 aliphatic heterocycles. The van der Waals surface area contributed by atoms with E-state index in [4.69, 9.17) is 9.47 Å². The number of amides is 2. The molecule has 9 heteroatoms. The first-order chi connectivity index (χ1) is 16.0. The van der Waals surface area contributed by atoms with E-state index in [-0.39, 0.29) is 23.5 Å². The zero-order chi connectivity index (χ0) is 25.0. The third-order valence-corrected chi connectivity index (χ3v) is 5.14. The summed E-state index contributed by atoms with van der Waals surface area (Å²) in [6.45, 7) is 7.39. The van der Waals surface area contributed by atoms with E-state index in [0.29, 0.717) is 17.7 Å². The van der Waals surface area contributed by atoms with E-state index >= 15 is 0 Å². The number of carbonyl (C=O) groups is 3. The molecule has 180 valence electrons. The normalized spacial score (nSPS) is 15.6. The van der Waals surface area contributed by atoms with Gasteiger partial charge in [0.1, 0.15) is 5.60 Å². The van der Waals surface area contributed by atoms with Gasteiger partial charge in [0.15, 0.2) is 5.82 Å². The minimum Gasteiger partial charge on any atom is -0.463 e. The Morgan fingerprint density at radius 1 is 1.12 bits per heavy atom. The highest BCUT2D eigenvalue weighted by molar-refractivity contribution is 6.06. The highest BCUT2D eigenvalue weighted by Gasteiger charge is 2.23. The summed E-state index contributed by atoms with van der Waals surface area (Å²) in [5.74, 6) is -0.474. The third-order valence-electron chi connectivity index (χ3n) is 5.14. The van der Waals surface area contributed by atoms with Crippen LogP contribution in [0.15, 0.2) is 48.2 Å². The standard InChI is InChI=1S/C25H30N4O5/c1-15-7-8-17(16-9-11-18(12-10-16)26-24(32)34-25(2,3)4)13-19(15)22(30)28-20-14-29(5)21(27-20)23(31)33-6/h8-15H,7H2,1-6H3,(H,26,32)(H,28,30). The van der Waals surface area contributed by atoms with Crippen LogP contribution in [0.25, 0.3) is 5.57 Å². The lowest BCUT2D eigenvalue weighted by Crippen LogP contribution is -2.27. The number of rotatable bonds is 5. The lowest BCUT2D eigenvalue weighted by atomic mass is 9.87. The highest BCUT2D eigenvalue weighted by atomic mass is 16.6. The molecule has 2 N–H and O–H groups in total. The van der Waals surface area contributed by atoms with Crippen LogP contribution in [0.5, 0.6) is 0 Å². The van der Waals surface area contributed by atoms with Gasteiger partial charge in [-0.3, -0.25) is 10.1 Å². The Morgan fingerprint density at radius 2 is 1.79 bits per heavy atom. The second kappa shape index (κ2) is 9.94. The maximum Gasteiger partial charge on any atom is 0.412 e. The molecule has 9 nitrogen and oxygen atoms in total. The molecule has 0 radical (unpaired) electrons. The number of nitrogens with one attached hydrogen (secondary N) is 2. The summed E-state index contributed by atoms with van der Waals surface area (Å²) in [4.78, 5) is 40.8. The van der Waals surface area contributed by atoms with Gasteiger partial charge in [0.25, 0.3) is 5.91 Å². The number of aryl methyl sites for hydroxylation is 1. The van der Waals surface area contributed by atoms with Gasteiger partial charge in [0.2, 0.25) is 5.82 Å². The number of allylic oxidation sites excluding steroid dienone is 3. The molecule has 1 heterocycles. The van der Waals surface area contributed by atoms with Crippen LogP contribution in [0.1, 0.15) is 50.3 Å². The molecule has 3 rings (SSSR count). The van der Waals surface area contributed by atoms with Crippen LogP contribution in [0.3, 0.4) is 0 Å². The average molecular weight is 467 g/mol. The SMILES string of the molecule is COC(=O)c1nc(NC(=O)C2=CC(c3ccc(NC(=O)OC(C)(C)C)cc3)=CCC2C)cn1C. The molecule has 1 aliphatic rings. The van der Waals surface area contributed by atoms with E-state index in [0.717, 1.165) is 11.1 Å². The largest absolute Gasteiger partial charge is 0.463 e. The number of esters is 1. The molecule has 0 spiro atoms. The van der Waals surface area contributed by atoms with Crippen molar-refractivity contribution >= 4 is 35.0 Å². The summed E-state index contributed by atoms with van der Waals surface area (Å²) >= 11 is 0. The van der Waals surface area contributed by atoms with Gasteiger partial charge in [-0.05, 0) is 62.5 Å². The molecule has 1 aromatic heterocycles. The molecule has 0 bridgehead atoms. The Hall–Kier alpha value is -3.88. The predicted molar refractivity (Wildman–Crippen MR) is 129 cm³/mol. The lowest BCUT2D eigenvalue weighted by Gasteiger charge is -2.20. The van der Waals surface area contributed by atoms with Crippen molar-refractivity contribution in [3.05, 3.63) is 59.6 Å². The average Bonchev–Trinajstić information content (AvgIpc) is 3.12. The molecule has 2 amide bonds. The fraction of sp³-hybridized carbons (Fsp3) is 0.360. The molecule has 0 fully saturated rings. The van der Waals surface area contributed by atoms with Crippen LogP contribution in [-0.4, -0.2) is 40.2 Å². The van der Waals surface area contributed by atoms with Crippen LogP contribution in [0, 0.1) is 5.92 Å². The number of methoxy groups -OCH3 is 1. The van der Waals surface area contributed by atoms with Crippen molar-refractivity contribution in [2.24, 2.45) is 13.0 Å². The monoisotopic (exact) mass is 466 g/mol. The van der Waals surface area contributed by atoms with Crippen molar-refractivity contribution in [2.75, 3.05) is 17.7 Å². The smallest absolute Gasteiger partial charge is 0.412 e. The van der Waals surface area contributed by atoms with E-state index in [1.807, 2.05) is 25.1 Å². The first kappa shape index (κ1) is 24.8. The molecule has 1 atom stereocenters. The van der Waals surface area contributed by atoms with Gasteiger partial charge in [-0.2, -0.15) is 0 Å². The minimum absolute atomic E-state index is 0.0145. The molecule has 34 heavy (non-hydrogen) atoms. The van der Waals surface area contributed by atoms with Crippen molar-refractivity contribution in [3.8, 4) is 0 Å². The summed E-state index contributed by atoms with van der Waals surface area (Å²) in [5, 5.41) is 5.47. The van der Waals surface area contributed by atoms with Crippen LogP contribution in [0.4, 0.5) is 16.3 Å². The van der Waals surface area contributed by atoms with Gasteiger partial charge in [-0.15, -0.1) is 0 Å². The number of aromatic nitrogens is 2. The van der Waals surface area contributed by atoms with Gasteiger partial charge < -0.3 is 19.4 Å². The molecule has 0 saturated heterocycles. The van der Waals surface area contributed by atoms with Crippen molar-refractivity contribution in [3.63, 3.8) is 0 Å². The number of nitrogens with zero attached hydrogens (tertiary/aromatic N) is 2. The second-order valence-electron chi connectivity index (χ2n) is 9.11. The minimum atomic E-state index is -0.580. The Balaban J connectivity index is 1.72. The molecular formula is C25H30N4O5. The highest BCUT2D eigenvalue weighted by Crippen LogP contribution is 2.30. The van der Waals surface area contributed by atoms with Crippen LogP contribution >= 0.6 is 0 Å². The van der Waals surface area contributed by atoms with Gasteiger partial charge >= 0.3 is 12.1 Å². The van der Waals surface area contributed by atoms with Gasteiger partial charge in [-0.25, -0.2) is 14.6 Å². The number of benzene rings is 1. The zero-order valence-electron chi connectivity index (χ0n) is 20.3. The van der Waals surface area contributed by atoms with Crippen molar-refractivity contribution < 1.29 is 23.9 Å². The number of carbonyl (C=O) groups excluding carboxylic acids is 3. The molecule has 1 aliphatic carbocycles. The van der Waals surface area contributed by atoms with E-state index in [9.17, 15) is 14.4 Å². The van der Waals surface area contributed by atoms with Crippen molar-refractivity contribution in [1.29, 1.82) is 0 Å². The topological polar surface area (TPSA) is 112 Å². The predicted octanol–water partition coefficient (Wildman–Crippen LogP) is 4.54. The zero-order valence-corrected chi connectivity index (χ0v) is 20.3. The Labute approximate surface area is 198 Å². The first-order valence-corrected chi connectivity index (χ1v) is 10.9. The fourth-order valence-corrected chi connectivity index (χ4v) is 3.45. The van der Waals surface area contributed by atoms with E-state index < -0.39 is 17.7 Å². The van der Waals surface area contributed by atoms with Crippen molar-refractivity contribution in [2.45, 2.75) is 39.7 Å². The van der Waals surface area contributed by atoms with Crippen LogP contribution < -0.4 is 10.6 Å². The molecular weight excluding hydrogens is 436 g/mol. The maximum absolute atomic E-state index is 13.0. The van der Waals surface area contributed by atoms with Crippen LogP contribution in [-0.2, 0) is 21.3 Å². The van der Waals surface area contributed by atoms with Gasteiger partial charge in [0, 0.05) is 24.5 Å². The van der Waals surface area contributed by atoms with E-state index in [1.54, 1.807) is 46.1 Å². The Bertz CT molecular complexity index is 1150. The number of hydrogen-bond donors (Lipinski definition) is 2. The molecule has 1 unspecified atom stereocenters. The van der Waals surface area contributed by atoms with Crippen molar-refractivity contribution in [1.82, 2.24) is 9.55 Å². The quantitative estimate of drug-likeness (QED) is 0.626. The maximum atomic E-state index is 13.0. The molecule has 1 aromatic carbocycles. The van der Waals surface area contributed by atoms with Gasteiger partial charge in [-0.1, -0.05) is 25.1 Å². The number of ether oxygens (including phenoxy) is 2. The van der Waals surface area contributed by atoms with E-state index in [2.05, 4.69) is 21.7 Å². The Morgan fingerprint density at radius 3 is 2.41 bits per heavy atom. The summed E-state index contributed by atoms with van der Waals surface area (Å²) < 4.78 is 11.5.